The fourth-order valence-electron chi connectivity index (χ4n) is 2.85. The number of hydrogen-bond donors (Lipinski definition) is 1. The van der Waals surface area contributed by atoms with Crippen LogP contribution in [0.5, 0.6) is 0 Å². The third-order valence-electron chi connectivity index (χ3n) is 3.78. The Bertz CT molecular complexity index is 318. The summed E-state index contributed by atoms with van der Waals surface area (Å²) in [5, 5.41) is 9.11. The predicted octanol–water partition coefficient (Wildman–Crippen LogP) is 1.78. The molecule has 1 spiro atoms. The molecule has 0 aromatic heterocycles. The lowest BCUT2D eigenvalue weighted by Crippen LogP contribution is -2.05. The maximum Gasteiger partial charge on any atom is 0.0465 e. The molecule has 0 amide bonds. The lowest BCUT2D eigenvalue weighted by molar-refractivity contribution is 0.251. The van der Waals surface area contributed by atoms with Gasteiger partial charge in [0, 0.05) is 6.61 Å². The van der Waals surface area contributed by atoms with E-state index in [1.165, 1.54) is 30.4 Å². The molecule has 1 saturated carbocycles. The Balaban J connectivity index is 1.91. The van der Waals surface area contributed by atoms with E-state index in [0.29, 0.717) is 17.9 Å². The molecule has 0 bridgehead atoms. The van der Waals surface area contributed by atoms with Crippen LogP contribution in [-0.4, -0.2) is 11.7 Å². The van der Waals surface area contributed by atoms with Crippen molar-refractivity contribution >= 4 is 0 Å². The summed E-state index contributed by atoms with van der Waals surface area (Å²) in [5.41, 5.74) is 3.50. The number of aliphatic hydroxyl groups is 1. The van der Waals surface area contributed by atoms with Crippen LogP contribution in [0.25, 0.3) is 0 Å². The van der Waals surface area contributed by atoms with Gasteiger partial charge < -0.3 is 5.11 Å². The molecule has 1 N–H and O–H groups in total. The molecular weight excluding hydrogens is 160 g/mol. The summed E-state index contributed by atoms with van der Waals surface area (Å²) in [5.74, 6) is 0.583. The SMILES string of the molecule is OC[C@@H]1CC12Cc1ccccc1C2. The number of aliphatic hydroxyl groups excluding tert-OH is 1. The van der Waals surface area contributed by atoms with E-state index in [-0.39, 0.29) is 0 Å². The summed E-state index contributed by atoms with van der Waals surface area (Å²) < 4.78 is 0. The van der Waals surface area contributed by atoms with Crippen molar-refractivity contribution in [2.24, 2.45) is 11.3 Å². The van der Waals surface area contributed by atoms with Crippen LogP contribution in [-0.2, 0) is 12.8 Å². The number of benzene rings is 1. The van der Waals surface area contributed by atoms with E-state index in [1.807, 2.05) is 0 Å². The zero-order chi connectivity index (χ0) is 8.89. The van der Waals surface area contributed by atoms with Crippen LogP contribution in [0, 0.1) is 11.3 Å². The van der Waals surface area contributed by atoms with Crippen LogP contribution in [0.3, 0.4) is 0 Å². The molecule has 0 aliphatic heterocycles. The lowest BCUT2D eigenvalue weighted by atomic mass is 10.0. The molecule has 1 heteroatoms. The normalized spacial score (nSPS) is 27.6. The summed E-state index contributed by atoms with van der Waals surface area (Å²) in [6, 6.07) is 8.70. The third-order valence-corrected chi connectivity index (χ3v) is 3.78. The predicted molar refractivity (Wildman–Crippen MR) is 51.5 cm³/mol. The van der Waals surface area contributed by atoms with Crippen molar-refractivity contribution in [3.63, 3.8) is 0 Å². The third kappa shape index (κ3) is 0.969. The Morgan fingerprint density at radius 2 is 1.85 bits per heavy atom. The van der Waals surface area contributed by atoms with E-state index in [4.69, 9.17) is 5.11 Å². The van der Waals surface area contributed by atoms with E-state index < -0.39 is 0 Å². The average molecular weight is 174 g/mol. The van der Waals surface area contributed by atoms with Crippen LogP contribution >= 0.6 is 0 Å². The Kier molecular flexibility index (Phi) is 1.37. The highest BCUT2D eigenvalue weighted by Crippen LogP contribution is 2.60. The van der Waals surface area contributed by atoms with Gasteiger partial charge in [0.05, 0.1) is 0 Å². The van der Waals surface area contributed by atoms with E-state index in [1.54, 1.807) is 0 Å². The van der Waals surface area contributed by atoms with Crippen LogP contribution in [0.1, 0.15) is 17.5 Å². The van der Waals surface area contributed by atoms with Gasteiger partial charge >= 0.3 is 0 Å². The second kappa shape index (κ2) is 2.36. The molecule has 1 aromatic carbocycles. The van der Waals surface area contributed by atoms with Crippen molar-refractivity contribution in [2.45, 2.75) is 19.3 Å². The van der Waals surface area contributed by atoms with Gasteiger partial charge in [-0.1, -0.05) is 24.3 Å². The molecule has 1 nitrogen and oxygen atoms in total. The van der Waals surface area contributed by atoms with E-state index in [2.05, 4.69) is 24.3 Å². The van der Waals surface area contributed by atoms with Crippen LogP contribution in [0.15, 0.2) is 24.3 Å². The molecule has 3 rings (SSSR count). The summed E-state index contributed by atoms with van der Waals surface area (Å²) in [6.07, 6.45) is 3.64. The van der Waals surface area contributed by atoms with Crippen molar-refractivity contribution in [1.82, 2.24) is 0 Å². The molecule has 0 unspecified atom stereocenters. The average Bonchev–Trinajstić information content (AvgIpc) is 2.69. The molecule has 68 valence electrons. The van der Waals surface area contributed by atoms with E-state index >= 15 is 0 Å². The first-order valence-corrected chi connectivity index (χ1v) is 5.02. The highest BCUT2D eigenvalue weighted by Gasteiger charge is 2.55. The second-order valence-corrected chi connectivity index (χ2v) is 4.57. The molecule has 1 atom stereocenters. The first kappa shape index (κ1) is 7.57. The van der Waals surface area contributed by atoms with Crippen LogP contribution < -0.4 is 0 Å². The van der Waals surface area contributed by atoms with Crippen LogP contribution in [0.4, 0.5) is 0 Å². The molecule has 0 heterocycles. The zero-order valence-corrected chi connectivity index (χ0v) is 7.66. The topological polar surface area (TPSA) is 20.2 Å². The van der Waals surface area contributed by atoms with Gasteiger partial charge in [0.2, 0.25) is 0 Å². The van der Waals surface area contributed by atoms with Crippen molar-refractivity contribution in [3.05, 3.63) is 35.4 Å². The number of hydrogen-bond acceptors (Lipinski definition) is 1. The monoisotopic (exact) mass is 174 g/mol. The molecule has 13 heavy (non-hydrogen) atoms. The fraction of sp³-hybridized carbons (Fsp3) is 0.500. The molecule has 0 radical (unpaired) electrons. The Morgan fingerprint density at radius 1 is 1.23 bits per heavy atom. The molecule has 1 aromatic rings. The van der Waals surface area contributed by atoms with Gasteiger partial charge in [0.1, 0.15) is 0 Å². The van der Waals surface area contributed by atoms with Gasteiger partial charge in [-0.3, -0.25) is 0 Å². The molecule has 2 aliphatic rings. The standard InChI is InChI=1S/C12H14O/c13-8-11-7-12(11)5-9-3-1-2-4-10(9)6-12/h1-4,11,13H,5-8H2/t11-/m0/s1. The maximum absolute atomic E-state index is 9.11. The van der Waals surface area contributed by atoms with Gasteiger partial charge in [0.15, 0.2) is 0 Å². The maximum atomic E-state index is 9.11. The molecular formula is C12H14O. The van der Waals surface area contributed by atoms with E-state index in [0.717, 1.165) is 0 Å². The lowest BCUT2D eigenvalue weighted by Gasteiger charge is -2.04. The van der Waals surface area contributed by atoms with Gasteiger partial charge in [-0.2, -0.15) is 0 Å². The Labute approximate surface area is 78.4 Å². The quantitative estimate of drug-likeness (QED) is 0.688. The largest absolute Gasteiger partial charge is 0.396 e. The Morgan fingerprint density at radius 3 is 2.31 bits per heavy atom. The smallest absolute Gasteiger partial charge is 0.0465 e. The van der Waals surface area contributed by atoms with Crippen molar-refractivity contribution < 1.29 is 5.11 Å². The van der Waals surface area contributed by atoms with Crippen molar-refractivity contribution in [3.8, 4) is 0 Å². The minimum atomic E-state index is 0.383. The fourth-order valence-corrected chi connectivity index (χ4v) is 2.85. The van der Waals surface area contributed by atoms with E-state index in [9.17, 15) is 0 Å². The first-order chi connectivity index (χ1) is 6.34. The first-order valence-electron chi connectivity index (χ1n) is 5.02. The van der Waals surface area contributed by atoms with Gasteiger partial charge in [-0.25, -0.2) is 0 Å². The van der Waals surface area contributed by atoms with Crippen LogP contribution in [0.2, 0.25) is 0 Å². The zero-order valence-electron chi connectivity index (χ0n) is 7.66. The summed E-state index contributed by atoms with van der Waals surface area (Å²) in [4.78, 5) is 0. The van der Waals surface area contributed by atoms with Gasteiger partial charge in [0.25, 0.3) is 0 Å². The minimum absolute atomic E-state index is 0.383. The summed E-state index contributed by atoms with van der Waals surface area (Å²) in [7, 11) is 0. The molecule has 1 fully saturated rings. The molecule has 2 aliphatic carbocycles. The number of fused-ring (bicyclic) bond motifs is 1. The number of rotatable bonds is 1. The second-order valence-electron chi connectivity index (χ2n) is 4.57. The highest BCUT2D eigenvalue weighted by molar-refractivity contribution is 5.37. The van der Waals surface area contributed by atoms with Gasteiger partial charge in [-0.05, 0) is 41.7 Å². The highest BCUT2D eigenvalue weighted by atomic mass is 16.3. The summed E-state index contributed by atoms with van der Waals surface area (Å²) in [6.45, 7) is 0.383. The summed E-state index contributed by atoms with van der Waals surface area (Å²) >= 11 is 0. The molecule has 0 saturated heterocycles. The Hall–Kier alpha value is -0.820. The van der Waals surface area contributed by atoms with Gasteiger partial charge in [-0.15, -0.1) is 0 Å². The minimum Gasteiger partial charge on any atom is -0.396 e. The van der Waals surface area contributed by atoms with Crippen molar-refractivity contribution in [2.75, 3.05) is 6.61 Å². The van der Waals surface area contributed by atoms with Crippen molar-refractivity contribution in [1.29, 1.82) is 0 Å².